The molecule has 0 amide bonds. The first-order valence-corrected chi connectivity index (χ1v) is 6.59. The smallest absolute Gasteiger partial charge is 0.0528 e. The van der Waals surface area contributed by atoms with Crippen molar-refractivity contribution in [1.82, 2.24) is 0 Å². The fraction of sp³-hybridized carbons (Fsp3) is 0.857. The predicted octanol–water partition coefficient (Wildman–Crippen LogP) is 4.19. The van der Waals surface area contributed by atoms with Gasteiger partial charge in [-0.25, -0.2) is 0 Å². The zero-order valence-corrected chi connectivity index (χ0v) is 10.4. The highest BCUT2D eigenvalue weighted by Gasteiger charge is 2.12. The van der Waals surface area contributed by atoms with Gasteiger partial charge >= 0.3 is 0 Å². The van der Waals surface area contributed by atoms with E-state index in [0.717, 1.165) is 19.1 Å². The van der Waals surface area contributed by atoms with Gasteiger partial charge in [0.25, 0.3) is 0 Å². The summed E-state index contributed by atoms with van der Waals surface area (Å²) in [4.78, 5) is 0. The Labute approximate surface area is 94.9 Å². The molecule has 0 saturated heterocycles. The number of ether oxygens (including phenoxy) is 1. The Morgan fingerprint density at radius 3 is 2.67 bits per heavy atom. The monoisotopic (exact) mass is 210 g/mol. The van der Waals surface area contributed by atoms with Gasteiger partial charge in [0, 0.05) is 12.5 Å². The number of unbranched alkanes of at least 4 members (excludes halogenated alkanes) is 3. The van der Waals surface area contributed by atoms with Crippen molar-refractivity contribution in [2.75, 3.05) is 13.2 Å². The van der Waals surface area contributed by atoms with Crippen LogP contribution in [-0.2, 0) is 4.74 Å². The molecule has 1 aliphatic carbocycles. The van der Waals surface area contributed by atoms with E-state index in [1.807, 2.05) is 0 Å². The van der Waals surface area contributed by atoms with Crippen LogP contribution in [0.4, 0.5) is 0 Å². The van der Waals surface area contributed by atoms with E-state index < -0.39 is 0 Å². The summed E-state index contributed by atoms with van der Waals surface area (Å²) in [5.41, 5.74) is 0. The SMILES string of the molecule is CCCCCCOCC1C=CC(C)CC1. The van der Waals surface area contributed by atoms with Gasteiger partial charge in [-0.2, -0.15) is 0 Å². The van der Waals surface area contributed by atoms with Crippen molar-refractivity contribution < 1.29 is 4.74 Å². The Bertz CT molecular complexity index is 174. The summed E-state index contributed by atoms with van der Waals surface area (Å²) in [5.74, 6) is 1.47. The van der Waals surface area contributed by atoms with Crippen LogP contribution >= 0.6 is 0 Å². The van der Waals surface area contributed by atoms with Crippen molar-refractivity contribution >= 4 is 0 Å². The lowest BCUT2D eigenvalue weighted by molar-refractivity contribution is 0.103. The van der Waals surface area contributed by atoms with Gasteiger partial charge in [0.2, 0.25) is 0 Å². The van der Waals surface area contributed by atoms with E-state index in [4.69, 9.17) is 4.74 Å². The topological polar surface area (TPSA) is 9.23 Å². The van der Waals surface area contributed by atoms with Gasteiger partial charge in [-0.1, -0.05) is 45.3 Å². The lowest BCUT2D eigenvalue weighted by Crippen LogP contribution is -2.13. The first kappa shape index (κ1) is 12.8. The fourth-order valence-electron chi connectivity index (χ4n) is 2.02. The number of allylic oxidation sites excluding steroid dienone is 1. The molecule has 0 N–H and O–H groups in total. The van der Waals surface area contributed by atoms with Crippen LogP contribution in [0.1, 0.15) is 52.4 Å². The molecule has 0 bridgehead atoms. The van der Waals surface area contributed by atoms with Gasteiger partial charge < -0.3 is 4.74 Å². The molecule has 2 unspecified atom stereocenters. The number of rotatable bonds is 7. The van der Waals surface area contributed by atoms with Crippen molar-refractivity contribution in [3.05, 3.63) is 12.2 Å². The third kappa shape index (κ3) is 5.99. The second kappa shape index (κ2) is 7.92. The van der Waals surface area contributed by atoms with Crippen molar-refractivity contribution in [2.45, 2.75) is 52.4 Å². The lowest BCUT2D eigenvalue weighted by Gasteiger charge is -2.20. The number of hydrogen-bond donors (Lipinski definition) is 0. The van der Waals surface area contributed by atoms with Crippen LogP contribution in [-0.4, -0.2) is 13.2 Å². The highest BCUT2D eigenvalue weighted by molar-refractivity contribution is 4.96. The molecule has 1 aliphatic rings. The van der Waals surface area contributed by atoms with Crippen molar-refractivity contribution in [3.63, 3.8) is 0 Å². The molecule has 2 atom stereocenters. The van der Waals surface area contributed by atoms with Crippen molar-refractivity contribution in [3.8, 4) is 0 Å². The molecule has 1 nitrogen and oxygen atoms in total. The molecule has 1 rings (SSSR count). The van der Waals surface area contributed by atoms with E-state index in [1.165, 1.54) is 38.5 Å². The van der Waals surface area contributed by atoms with Crippen LogP contribution in [0.15, 0.2) is 12.2 Å². The zero-order chi connectivity index (χ0) is 10.9. The summed E-state index contributed by atoms with van der Waals surface area (Å²) in [6, 6.07) is 0. The average molecular weight is 210 g/mol. The Kier molecular flexibility index (Phi) is 6.74. The maximum Gasteiger partial charge on any atom is 0.0528 e. The molecule has 0 spiro atoms. The quantitative estimate of drug-likeness (QED) is 0.452. The van der Waals surface area contributed by atoms with Gasteiger partial charge in [-0.05, 0) is 25.2 Å². The Hall–Kier alpha value is -0.300. The fourth-order valence-corrected chi connectivity index (χ4v) is 2.02. The summed E-state index contributed by atoms with van der Waals surface area (Å²) in [5, 5.41) is 0. The molecule has 0 heterocycles. The van der Waals surface area contributed by atoms with Crippen LogP contribution in [0.25, 0.3) is 0 Å². The van der Waals surface area contributed by atoms with Crippen LogP contribution < -0.4 is 0 Å². The average Bonchev–Trinajstić information content (AvgIpc) is 2.26. The van der Waals surface area contributed by atoms with E-state index in [1.54, 1.807) is 0 Å². The van der Waals surface area contributed by atoms with Gasteiger partial charge in [0.15, 0.2) is 0 Å². The van der Waals surface area contributed by atoms with E-state index in [9.17, 15) is 0 Å². The minimum absolute atomic E-state index is 0.687. The van der Waals surface area contributed by atoms with Gasteiger partial charge in [-0.3, -0.25) is 0 Å². The minimum atomic E-state index is 0.687. The maximum absolute atomic E-state index is 5.70. The molecule has 0 radical (unpaired) electrons. The summed E-state index contributed by atoms with van der Waals surface area (Å²) >= 11 is 0. The second-order valence-electron chi connectivity index (χ2n) is 4.84. The minimum Gasteiger partial charge on any atom is -0.381 e. The third-order valence-corrected chi connectivity index (χ3v) is 3.18. The molecule has 0 fully saturated rings. The van der Waals surface area contributed by atoms with E-state index in [2.05, 4.69) is 26.0 Å². The molecule has 0 aromatic carbocycles. The van der Waals surface area contributed by atoms with E-state index in [-0.39, 0.29) is 0 Å². The summed E-state index contributed by atoms with van der Waals surface area (Å²) in [6.07, 6.45) is 12.6. The highest BCUT2D eigenvalue weighted by Crippen LogP contribution is 2.21. The number of hydrogen-bond acceptors (Lipinski definition) is 1. The second-order valence-corrected chi connectivity index (χ2v) is 4.84. The Balaban J connectivity index is 1.94. The molecule has 0 aromatic heterocycles. The summed E-state index contributed by atoms with van der Waals surface area (Å²) < 4.78 is 5.70. The Morgan fingerprint density at radius 1 is 1.13 bits per heavy atom. The molecular formula is C14H26O. The highest BCUT2D eigenvalue weighted by atomic mass is 16.5. The summed E-state index contributed by atoms with van der Waals surface area (Å²) in [6.45, 7) is 6.43. The largest absolute Gasteiger partial charge is 0.381 e. The zero-order valence-electron chi connectivity index (χ0n) is 10.4. The van der Waals surface area contributed by atoms with Crippen LogP contribution in [0.5, 0.6) is 0 Å². The van der Waals surface area contributed by atoms with Gasteiger partial charge in [0.1, 0.15) is 0 Å². The van der Waals surface area contributed by atoms with Crippen molar-refractivity contribution in [2.24, 2.45) is 11.8 Å². The van der Waals surface area contributed by atoms with Crippen molar-refractivity contribution in [1.29, 1.82) is 0 Å². The molecule has 0 aromatic rings. The van der Waals surface area contributed by atoms with Gasteiger partial charge in [0.05, 0.1) is 6.61 Å². The van der Waals surface area contributed by atoms with Crippen LogP contribution in [0.2, 0.25) is 0 Å². The molecule has 88 valence electrons. The van der Waals surface area contributed by atoms with Crippen LogP contribution in [0.3, 0.4) is 0 Å². The molecule has 0 aliphatic heterocycles. The normalized spacial score (nSPS) is 25.7. The van der Waals surface area contributed by atoms with Gasteiger partial charge in [-0.15, -0.1) is 0 Å². The first-order chi connectivity index (χ1) is 7.33. The third-order valence-electron chi connectivity index (χ3n) is 3.18. The summed E-state index contributed by atoms with van der Waals surface area (Å²) in [7, 11) is 0. The molecule has 15 heavy (non-hydrogen) atoms. The van der Waals surface area contributed by atoms with E-state index >= 15 is 0 Å². The maximum atomic E-state index is 5.70. The van der Waals surface area contributed by atoms with E-state index in [0.29, 0.717) is 5.92 Å². The molecule has 1 heteroatoms. The Morgan fingerprint density at radius 2 is 2.00 bits per heavy atom. The van der Waals surface area contributed by atoms with Crippen LogP contribution in [0, 0.1) is 11.8 Å². The molecular weight excluding hydrogens is 184 g/mol. The lowest BCUT2D eigenvalue weighted by atomic mass is 9.90. The standard InChI is InChI=1S/C14H26O/c1-3-4-5-6-11-15-12-14-9-7-13(2)8-10-14/h7,9,13-14H,3-6,8,10-12H2,1-2H3. The predicted molar refractivity (Wildman–Crippen MR) is 66.0 cm³/mol. The first-order valence-electron chi connectivity index (χ1n) is 6.59. The molecule has 0 saturated carbocycles.